The summed E-state index contributed by atoms with van der Waals surface area (Å²) in [5, 5.41) is 3.88. The van der Waals surface area contributed by atoms with Crippen molar-refractivity contribution in [2.75, 3.05) is 0 Å². The molecule has 1 aromatic heterocycles. The fraction of sp³-hybridized carbons (Fsp3) is 0.353. The maximum atomic E-state index is 13.2. The summed E-state index contributed by atoms with van der Waals surface area (Å²) in [5.41, 5.74) is 0.117. The minimum absolute atomic E-state index is 0.291. The van der Waals surface area contributed by atoms with E-state index in [1.165, 1.54) is 23.5 Å². The third-order valence-corrected chi connectivity index (χ3v) is 4.06. The van der Waals surface area contributed by atoms with Crippen LogP contribution in [0.25, 0.3) is 0 Å². The molecule has 1 atom stereocenters. The first-order valence-electron chi connectivity index (χ1n) is 6.75. The zero-order valence-electron chi connectivity index (χ0n) is 12.6. The van der Waals surface area contributed by atoms with E-state index >= 15 is 0 Å². The maximum absolute atomic E-state index is 13.2. The van der Waals surface area contributed by atoms with E-state index in [-0.39, 0.29) is 11.8 Å². The summed E-state index contributed by atoms with van der Waals surface area (Å²) >= 11 is 1.53. The van der Waals surface area contributed by atoms with Crippen LogP contribution in [-0.2, 0) is 15.1 Å². The van der Waals surface area contributed by atoms with Crippen LogP contribution in [0.1, 0.15) is 38.8 Å². The van der Waals surface area contributed by atoms with Crippen molar-refractivity contribution in [1.82, 2.24) is 0 Å². The second kappa shape index (κ2) is 5.60. The summed E-state index contributed by atoms with van der Waals surface area (Å²) in [4.78, 5) is 12.3. The van der Waals surface area contributed by atoms with Crippen molar-refractivity contribution in [2.45, 2.75) is 33.3 Å². The number of hydrogen-bond acceptors (Lipinski definition) is 3. The monoisotopic (exact) mass is 306 g/mol. The van der Waals surface area contributed by atoms with Crippen molar-refractivity contribution >= 4 is 17.3 Å². The second-order valence-corrected chi connectivity index (χ2v) is 6.97. The van der Waals surface area contributed by atoms with E-state index in [1.807, 2.05) is 44.5 Å². The number of ether oxygens (including phenoxy) is 1. The van der Waals surface area contributed by atoms with Gasteiger partial charge >= 0.3 is 5.97 Å². The first-order valence-corrected chi connectivity index (χ1v) is 7.70. The first kappa shape index (κ1) is 15.7. The number of thiophene rings is 1. The standard InChI is InChI=1S/C17H19FO2S/c1-16(2,3)15(19)20-17(4,13-9-10-21-11-13)12-5-7-14(18)8-6-12/h5-11H,1-4H3. The molecule has 2 rings (SSSR count). The van der Waals surface area contributed by atoms with Crippen LogP contribution in [0, 0.1) is 11.2 Å². The number of rotatable bonds is 3. The van der Waals surface area contributed by atoms with E-state index in [4.69, 9.17) is 4.74 Å². The quantitative estimate of drug-likeness (QED) is 0.766. The van der Waals surface area contributed by atoms with Crippen LogP contribution in [-0.4, -0.2) is 5.97 Å². The highest BCUT2D eigenvalue weighted by Gasteiger charge is 2.37. The summed E-state index contributed by atoms with van der Waals surface area (Å²) in [5.74, 6) is -0.603. The molecule has 21 heavy (non-hydrogen) atoms. The molecule has 1 aromatic carbocycles. The van der Waals surface area contributed by atoms with E-state index in [9.17, 15) is 9.18 Å². The third kappa shape index (κ3) is 3.32. The summed E-state index contributed by atoms with van der Waals surface area (Å²) in [6, 6.07) is 7.99. The summed E-state index contributed by atoms with van der Waals surface area (Å²) in [6.45, 7) is 7.28. The van der Waals surface area contributed by atoms with E-state index in [0.717, 1.165) is 11.1 Å². The SMILES string of the molecule is CC(C)(C)C(=O)OC(C)(c1ccc(F)cc1)c1ccsc1. The fourth-order valence-electron chi connectivity index (χ4n) is 1.93. The van der Waals surface area contributed by atoms with Gasteiger partial charge in [-0.2, -0.15) is 11.3 Å². The Morgan fingerprint density at radius 3 is 2.14 bits per heavy atom. The number of halogens is 1. The van der Waals surface area contributed by atoms with Gasteiger partial charge in [0.15, 0.2) is 5.60 Å². The highest BCUT2D eigenvalue weighted by atomic mass is 32.1. The Labute approximate surface area is 128 Å². The molecule has 4 heteroatoms. The molecule has 0 bridgehead atoms. The molecule has 1 heterocycles. The molecular weight excluding hydrogens is 287 g/mol. The van der Waals surface area contributed by atoms with E-state index in [0.29, 0.717) is 0 Å². The lowest BCUT2D eigenvalue weighted by Crippen LogP contribution is -2.35. The molecule has 1 unspecified atom stereocenters. The first-order chi connectivity index (χ1) is 9.73. The van der Waals surface area contributed by atoms with Crippen LogP contribution in [0.5, 0.6) is 0 Å². The Balaban J connectivity index is 2.45. The van der Waals surface area contributed by atoms with Crippen molar-refractivity contribution in [2.24, 2.45) is 5.41 Å². The van der Waals surface area contributed by atoms with Gasteiger partial charge in [-0.15, -0.1) is 0 Å². The number of esters is 1. The minimum Gasteiger partial charge on any atom is -0.449 e. The molecule has 0 amide bonds. The number of benzene rings is 1. The van der Waals surface area contributed by atoms with Gasteiger partial charge < -0.3 is 4.74 Å². The van der Waals surface area contributed by atoms with Crippen LogP contribution in [0.2, 0.25) is 0 Å². The average Bonchev–Trinajstić information content (AvgIpc) is 2.92. The molecule has 0 spiro atoms. The van der Waals surface area contributed by atoms with Crippen LogP contribution in [0.4, 0.5) is 4.39 Å². The molecule has 2 nitrogen and oxygen atoms in total. The van der Waals surface area contributed by atoms with Crippen molar-refractivity contribution in [3.05, 3.63) is 58.0 Å². The van der Waals surface area contributed by atoms with Crippen LogP contribution in [0.3, 0.4) is 0 Å². The van der Waals surface area contributed by atoms with Crippen molar-refractivity contribution < 1.29 is 13.9 Å². The average molecular weight is 306 g/mol. The molecular formula is C17H19FO2S. The van der Waals surface area contributed by atoms with Crippen molar-refractivity contribution in [3.63, 3.8) is 0 Å². The van der Waals surface area contributed by atoms with Crippen LogP contribution < -0.4 is 0 Å². The highest BCUT2D eigenvalue weighted by molar-refractivity contribution is 7.08. The van der Waals surface area contributed by atoms with Gasteiger partial charge in [0.05, 0.1) is 5.41 Å². The molecule has 112 valence electrons. The molecule has 2 aromatic rings. The molecule has 0 N–H and O–H groups in total. The van der Waals surface area contributed by atoms with Crippen LogP contribution in [0.15, 0.2) is 41.1 Å². The van der Waals surface area contributed by atoms with Gasteiger partial charge in [-0.25, -0.2) is 4.39 Å². The summed E-state index contributed by atoms with van der Waals surface area (Å²) < 4.78 is 19.0. The molecule has 0 fully saturated rings. The second-order valence-electron chi connectivity index (χ2n) is 6.19. The topological polar surface area (TPSA) is 26.3 Å². The van der Waals surface area contributed by atoms with Gasteiger partial charge in [-0.05, 0) is 62.2 Å². The van der Waals surface area contributed by atoms with Gasteiger partial charge in [-0.1, -0.05) is 12.1 Å². The minimum atomic E-state index is -0.919. The van der Waals surface area contributed by atoms with Gasteiger partial charge in [0.2, 0.25) is 0 Å². The Hall–Kier alpha value is -1.68. The number of carbonyl (C=O) groups is 1. The third-order valence-electron chi connectivity index (χ3n) is 3.38. The van der Waals surface area contributed by atoms with Crippen molar-refractivity contribution in [3.8, 4) is 0 Å². The van der Waals surface area contributed by atoms with E-state index in [2.05, 4.69) is 0 Å². The molecule has 0 radical (unpaired) electrons. The fourth-order valence-corrected chi connectivity index (χ4v) is 2.68. The van der Waals surface area contributed by atoms with Gasteiger partial charge in [-0.3, -0.25) is 4.79 Å². The number of carbonyl (C=O) groups excluding carboxylic acids is 1. The predicted octanol–water partition coefficient (Wildman–Crippen LogP) is 4.74. The normalized spacial score (nSPS) is 14.5. The van der Waals surface area contributed by atoms with Gasteiger partial charge in [0, 0.05) is 5.56 Å². The smallest absolute Gasteiger partial charge is 0.312 e. The Kier molecular flexibility index (Phi) is 4.19. The van der Waals surface area contributed by atoms with E-state index in [1.54, 1.807) is 12.1 Å². The molecule has 0 saturated heterocycles. The van der Waals surface area contributed by atoms with Crippen LogP contribution >= 0.6 is 11.3 Å². The molecule has 0 aliphatic carbocycles. The lowest BCUT2D eigenvalue weighted by atomic mass is 9.88. The summed E-state index contributed by atoms with van der Waals surface area (Å²) in [7, 11) is 0. The number of hydrogen-bond donors (Lipinski definition) is 0. The lowest BCUT2D eigenvalue weighted by molar-refractivity contribution is -0.165. The summed E-state index contributed by atoms with van der Waals surface area (Å²) in [6.07, 6.45) is 0. The van der Waals surface area contributed by atoms with Gasteiger partial charge in [0.1, 0.15) is 5.82 Å². The van der Waals surface area contributed by atoms with Gasteiger partial charge in [0.25, 0.3) is 0 Å². The Morgan fingerprint density at radius 2 is 1.67 bits per heavy atom. The highest BCUT2D eigenvalue weighted by Crippen LogP contribution is 2.36. The maximum Gasteiger partial charge on any atom is 0.312 e. The molecule has 0 saturated carbocycles. The zero-order chi connectivity index (χ0) is 15.7. The zero-order valence-corrected chi connectivity index (χ0v) is 13.5. The molecule has 0 aliphatic rings. The van der Waals surface area contributed by atoms with E-state index < -0.39 is 11.0 Å². The Bertz CT molecular complexity index is 611. The predicted molar refractivity (Wildman–Crippen MR) is 82.7 cm³/mol. The lowest BCUT2D eigenvalue weighted by Gasteiger charge is -2.32. The van der Waals surface area contributed by atoms with Crippen molar-refractivity contribution in [1.29, 1.82) is 0 Å². The largest absolute Gasteiger partial charge is 0.449 e. The Morgan fingerprint density at radius 1 is 1.05 bits per heavy atom. The molecule has 0 aliphatic heterocycles.